The fourth-order valence-corrected chi connectivity index (χ4v) is 5.98. The van der Waals surface area contributed by atoms with E-state index in [1.165, 1.54) is 0 Å². The summed E-state index contributed by atoms with van der Waals surface area (Å²) in [6.45, 7) is 2.91. The number of quaternary nitrogens is 1. The third-order valence-electron chi connectivity index (χ3n) is 7.84. The molecule has 1 N–H and O–H groups in total. The van der Waals surface area contributed by atoms with Crippen LogP contribution in [0.15, 0.2) is 42.5 Å². The highest BCUT2D eigenvalue weighted by Crippen LogP contribution is 2.42. The number of likely N-dealkylation sites (tertiary alicyclic amines) is 1. The Morgan fingerprint density at radius 2 is 1.83 bits per heavy atom. The van der Waals surface area contributed by atoms with Crippen molar-refractivity contribution >= 4 is 17.5 Å². The summed E-state index contributed by atoms with van der Waals surface area (Å²) < 4.78 is 11.6. The number of nitrogens with one attached hydrogen (secondary N) is 1. The fraction of sp³-hybridized carbons (Fsp3) is 0.464. The number of amides is 2. The van der Waals surface area contributed by atoms with Gasteiger partial charge in [-0.05, 0) is 18.6 Å². The molecule has 0 bridgehead atoms. The molecule has 8 heteroatoms. The zero-order chi connectivity index (χ0) is 25.1. The molecule has 3 aliphatic rings. The van der Waals surface area contributed by atoms with Crippen LogP contribution in [0.25, 0.3) is 0 Å². The minimum atomic E-state index is -0.277. The average Bonchev–Trinajstić information content (AvgIpc) is 2.93. The van der Waals surface area contributed by atoms with Gasteiger partial charge in [0.05, 0.1) is 13.5 Å². The van der Waals surface area contributed by atoms with Gasteiger partial charge in [0.15, 0.2) is 11.9 Å². The SMILES string of the molecule is COc1cc(OC2CCN(C#N)CC2)ccc1C(=O)[N+]1(C2CCNCC2)C(=O)CCc2ccccc21. The molecular formula is C28H33N4O4+. The molecule has 2 aromatic carbocycles. The Bertz CT molecular complexity index is 1180. The molecule has 1 atom stereocenters. The normalized spacial score (nSPS) is 23.0. The van der Waals surface area contributed by atoms with E-state index in [4.69, 9.17) is 14.7 Å². The molecular weight excluding hydrogens is 456 g/mol. The Hall–Kier alpha value is -3.41. The zero-order valence-corrected chi connectivity index (χ0v) is 20.7. The van der Waals surface area contributed by atoms with Crippen LogP contribution in [0.4, 0.5) is 5.69 Å². The number of imide groups is 1. The number of carbonyl (C=O) groups excluding carboxylic acids is 2. The lowest BCUT2D eigenvalue weighted by molar-refractivity contribution is -0.130. The monoisotopic (exact) mass is 489 g/mol. The predicted octanol–water partition coefficient (Wildman–Crippen LogP) is 3.39. The largest absolute Gasteiger partial charge is 0.496 e. The number of carbonyl (C=O) groups is 2. The van der Waals surface area contributed by atoms with Gasteiger partial charge < -0.3 is 19.7 Å². The molecule has 188 valence electrons. The molecule has 3 aliphatic heterocycles. The Morgan fingerprint density at radius 3 is 2.56 bits per heavy atom. The maximum atomic E-state index is 14.5. The number of benzene rings is 2. The Labute approximate surface area is 212 Å². The zero-order valence-electron chi connectivity index (χ0n) is 20.7. The van der Waals surface area contributed by atoms with Crippen molar-refractivity contribution in [1.29, 1.82) is 5.26 Å². The second-order valence-corrected chi connectivity index (χ2v) is 9.80. The molecule has 0 spiro atoms. The number of fused-ring (bicyclic) bond motifs is 1. The summed E-state index contributed by atoms with van der Waals surface area (Å²) in [5.41, 5.74) is 2.26. The van der Waals surface area contributed by atoms with E-state index in [-0.39, 0.29) is 28.4 Å². The first-order valence-electron chi connectivity index (χ1n) is 12.8. The van der Waals surface area contributed by atoms with Gasteiger partial charge in [0, 0.05) is 69.6 Å². The number of hydrogen-bond acceptors (Lipinski definition) is 7. The lowest BCUT2D eigenvalue weighted by Gasteiger charge is -2.44. The molecule has 3 heterocycles. The van der Waals surface area contributed by atoms with Crippen LogP contribution in [0, 0.1) is 11.5 Å². The van der Waals surface area contributed by atoms with E-state index in [0.29, 0.717) is 43.0 Å². The Morgan fingerprint density at radius 1 is 1.08 bits per heavy atom. The van der Waals surface area contributed by atoms with Crippen LogP contribution < -0.4 is 19.3 Å². The summed E-state index contributed by atoms with van der Waals surface area (Å²) in [6.07, 6.45) is 6.21. The van der Waals surface area contributed by atoms with Gasteiger partial charge >= 0.3 is 11.8 Å². The van der Waals surface area contributed by atoms with Gasteiger partial charge in [0.25, 0.3) is 0 Å². The van der Waals surface area contributed by atoms with E-state index in [1.54, 1.807) is 30.2 Å². The summed E-state index contributed by atoms with van der Waals surface area (Å²) in [6, 6.07) is 13.0. The van der Waals surface area contributed by atoms with Gasteiger partial charge in [-0.25, -0.2) is 9.59 Å². The lowest BCUT2D eigenvalue weighted by atomic mass is 9.90. The van der Waals surface area contributed by atoms with Gasteiger partial charge in [0.2, 0.25) is 0 Å². The average molecular weight is 490 g/mol. The molecule has 1 unspecified atom stereocenters. The summed E-state index contributed by atoms with van der Waals surface area (Å²) in [4.78, 5) is 30.1. The van der Waals surface area contributed by atoms with E-state index in [1.807, 2.05) is 24.3 Å². The highest BCUT2D eigenvalue weighted by atomic mass is 16.5. The number of rotatable bonds is 5. The molecule has 8 nitrogen and oxygen atoms in total. The Kier molecular flexibility index (Phi) is 6.95. The van der Waals surface area contributed by atoms with Crippen LogP contribution in [0.2, 0.25) is 0 Å². The molecule has 2 amide bonds. The number of nitriles is 1. The highest BCUT2D eigenvalue weighted by molar-refractivity contribution is 6.18. The van der Waals surface area contributed by atoms with E-state index >= 15 is 0 Å². The quantitative estimate of drug-likeness (QED) is 0.391. The minimum absolute atomic E-state index is 0.00418. The van der Waals surface area contributed by atoms with Crippen molar-refractivity contribution < 1.29 is 19.1 Å². The van der Waals surface area contributed by atoms with Crippen LogP contribution in [0.3, 0.4) is 0 Å². The van der Waals surface area contributed by atoms with Crippen molar-refractivity contribution in [2.45, 2.75) is 50.7 Å². The number of piperidine rings is 2. The summed E-state index contributed by atoms with van der Waals surface area (Å²) >= 11 is 0. The second-order valence-electron chi connectivity index (χ2n) is 9.80. The van der Waals surface area contributed by atoms with Crippen molar-refractivity contribution in [3.63, 3.8) is 0 Å². The second kappa shape index (κ2) is 10.3. The van der Waals surface area contributed by atoms with Crippen LogP contribution >= 0.6 is 0 Å². The third kappa shape index (κ3) is 4.23. The van der Waals surface area contributed by atoms with Gasteiger partial charge in [-0.2, -0.15) is 9.74 Å². The third-order valence-corrected chi connectivity index (χ3v) is 7.84. The van der Waals surface area contributed by atoms with Crippen LogP contribution in [-0.4, -0.2) is 62.1 Å². The van der Waals surface area contributed by atoms with Crippen molar-refractivity contribution in [3.05, 3.63) is 53.6 Å². The molecule has 2 aromatic rings. The first-order chi connectivity index (χ1) is 17.6. The maximum Gasteiger partial charge on any atom is 0.362 e. The molecule has 0 aliphatic carbocycles. The number of aryl methyl sites for hydroxylation is 1. The van der Waals surface area contributed by atoms with Crippen LogP contribution in [-0.2, 0) is 11.2 Å². The van der Waals surface area contributed by atoms with E-state index in [9.17, 15) is 9.59 Å². The Balaban J connectivity index is 1.51. The summed E-state index contributed by atoms with van der Waals surface area (Å²) in [5.74, 6) is 0.758. The molecule has 2 fully saturated rings. The molecule has 2 saturated heterocycles. The summed E-state index contributed by atoms with van der Waals surface area (Å²) in [7, 11) is 1.54. The lowest BCUT2D eigenvalue weighted by Crippen LogP contribution is -2.67. The number of methoxy groups -OCH3 is 1. The standard InChI is InChI=1S/C28H33N4O4/c1-35-26-18-23(36-22-12-16-31(19-29)17-13-22)7-8-24(26)28(34)32(21-10-14-30-15-11-21)25-5-3-2-4-20(25)6-9-27(32)33/h2-5,7-8,18,21-22,30H,6,9-17H2,1H3/q+1. The summed E-state index contributed by atoms with van der Waals surface area (Å²) in [5, 5.41) is 12.4. The molecule has 0 radical (unpaired) electrons. The van der Waals surface area contributed by atoms with Gasteiger partial charge in [0.1, 0.15) is 29.2 Å². The fourth-order valence-electron chi connectivity index (χ4n) is 5.98. The van der Waals surface area contributed by atoms with Crippen molar-refractivity contribution in [2.24, 2.45) is 0 Å². The van der Waals surface area contributed by atoms with Crippen molar-refractivity contribution in [1.82, 2.24) is 14.7 Å². The van der Waals surface area contributed by atoms with Crippen LogP contribution in [0.1, 0.15) is 48.0 Å². The minimum Gasteiger partial charge on any atom is -0.496 e. The first-order valence-corrected chi connectivity index (χ1v) is 12.8. The molecule has 0 aromatic heterocycles. The highest BCUT2D eigenvalue weighted by Gasteiger charge is 2.56. The van der Waals surface area contributed by atoms with E-state index in [2.05, 4.69) is 11.5 Å². The number of hydrogen-bond donors (Lipinski definition) is 1. The number of para-hydroxylation sites is 1. The van der Waals surface area contributed by atoms with Crippen molar-refractivity contribution in [3.8, 4) is 17.7 Å². The van der Waals surface area contributed by atoms with Gasteiger partial charge in [-0.15, -0.1) is 0 Å². The van der Waals surface area contributed by atoms with Crippen LogP contribution in [0.5, 0.6) is 11.5 Å². The van der Waals surface area contributed by atoms with Gasteiger partial charge in [-0.1, -0.05) is 18.2 Å². The topological polar surface area (TPSA) is 91.7 Å². The molecule has 0 saturated carbocycles. The molecule has 5 rings (SSSR count). The maximum absolute atomic E-state index is 14.5. The first kappa shape index (κ1) is 24.3. The smallest absolute Gasteiger partial charge is 0.362 e. The van der Waals surface area contributed by atoms with E-state index < -0.39 is 0 Å². The van der Waals surface area contributed by atoms with E-state index in [0.717, 1.165) is 50.0 Å². The molecule has 36 heavy (non-hydrogen) atoms. The predicted molar refractivity (Wildman–Crippen MR) is 136 cm³/mol. The van der Waals surface area contributed by atoms with Crippen molar-refractivity contribution in [2.75, 3.05) is 33.3 Å². The number of nitrogens with zero attached hydrogens (tertiary/aromatic N) is 3. The van der Waals surface area contributed by atoms with Gasteiger partial charge in [-0.3, -0.25) is 0 Å². The number of ether oxygens (including phenoxy) is 2.